The molecule has 0 bridgehead atoms. The minimum absolute atomic E-state index is 0.0205. The lowest BCUT2D eigenvalue weighted by molar-refractivity contribution is -0.0447. The Morgan fingerprint density at radius 3 is 2.49 bits per heavy atom. The van der Waals surface area contributed by atoms with Gasteiger partial charge < -0.3 is 15.1 Å². The number of pyridine rings is 1. The molecule has 1 spiro atoms. The van der Waals surface area contributed by atoms with E-state index in [1.165, 1.54) is 32.0 Å². The van der Waals surface area contributed by atoms with Gasteiger partial charge in [0.05, 0.1) is 11.9 Å². The summed E-state index contributed by atoms with van der Waals surface area (Å²) in [5.41, 5.74) is 2.73. The summed E-state index contributed by atoms with van der Waals surface area (Å²) in [7, 11) is 0. The molecule has 0 unspecified atom stereocenters. The number of aliphatic imine (C=N–C) groups is 3. The van der Waals surface area contributed by atoms with E-state index in [2.05, 4.69) is 61.5 Å². The molecule has 2 aromatic rings. The Labute approximate surface area is 241 Å². The van der Waals surface area contributed by atoms with E-state index >= 15 is 8.78 Å². The van der Waals surface area contributed by atoms with Crippen LogP contribution in [0, 0.1) is 11.2 Å². The molecule has 218 valence electrons. The van der Waals surface area contributed by atoms with Gasteiger partial charge in [-0.05, 0) is 87.9 Å². The molecule has 3 saturated heterocycles. The highest BCUT2D eigenvalue weighted by Crippen LogP contribution is 2.40. The normalized spacial score (nSPS) is 19.8. The second kappa shape index (κ2) is 13.0. The SMILES string of the molecule is C=N/C=C(/F)C(=NCNc1ccc(CN2CCC3(CC2)CN(CC)C3)cn1)c1cc(F)c(N=C)c(N2CCCC2)c1. The van der Waals surface area contributed by atoms with E-state index in [-0.39, 0.29) is 18.1 Å². The predicted octanol–water partition coefficient (Wildman–Crippen LogP) is 5.44. The summed E-state index contributed by atoms with van der Waals surface area (Å²) in [4.78, 5) is 23.5. The topological polar surface area (TPSA) is 71.7 Å². The van der Waals surface area contributed by atoms with Crippen molar-refractivity contribution in [2.24, 2.45) is 20.4 Å². The van der Waals surface area contributed by atoms with Gasteiger partial charge in [-0.2, -0.15) is 0 Å². The van der Waals surface area contributed by atoms with Crippen molar-refractivity contribution < 1.29 is 8.78 Å². The highest BCUT2D eigenvalue weighted by Gasteiger charge is 2.43. The Balaban J connectivity index is 1.23. The summed E-state index contributed by atoms with van der Waals surface area (Å²) in [5.74, 6) is -0.648. The zero-order valence-corrected chi connectivity index (χ0v) is 24.0. The molecule has 0 saturated carbocycles. The van der Waals surface area contributed by atoms with Crippen LogP contribution in [0.25, 0.3) is 0 Å². The molecule has 1 aromatic heterocycles. The van der Waals surface area contributed by atoms with Crippen LogP contribution in [0.2, 0.25) is 0 Å². The van der Waals surface area contributed by atoms with Crippen LogP contribution >= 0.6 is 0 Å². The molecule has 41 heavy (non-hydrogen) atoms. The van der Waals surface area contributed by atoms with Gasteiger partial charge in [0.15, 0.2) is 11.6 Å². The number of benzene rings is 1. The Morgan fingerprint density at radius 2 is 1.85 bits per heavy atom. The maximum absolute atomic E-state index is 15.1. The van der Waals surface area contributed by atoms with Gasteiger partial charge in [0.25, 0.3) is 0 Å². The number of allylic oxidation sites excluding steroid dienone is 1. The smallest absolute Gasteiger partial charge is 0.167 e. The first-order chi connectivity index (χ1) is 19.9. The van der Waals surface area contributed by atoms with Crippen LogP contribution in [-0.4, -0.2) is 86.4 Å². The lowest BCUT2D eigenvalue weighted by Crippen LogP contribution is -2.59. The average Bonchev–Trinajstić information content (AvgIpc) is 3.50. The molecular weight excluding hydrogens is 522 g/mol. The van der Waals surface area contributed by atoms with Crippen molar-refractivity contribution in [1.82, 2.24) is 14.8 Å². The Kier molecular flexibility index (Phi) is 9.19. The molecule has 5 rings (SSSR count). The number of hydrogen-bond acceptors (Lipinski definition) is 8. The number of halogens is 2. The highest BCUT2D eigenvalue weighted by molar-refractivity contribution is 6.12. The van der Waals surface area contributed by atoms with Crippen LogP contribution in [0.1, 0.15) is 43.7 Å². The van der Waals surface area contributed by atoms with Crippen molar-refractivity contribution in [3.63, 3.8) is 0 Å². The van der Waals surface area contributed by atoms with Gasteiger partial charge in [-0.1, -0.05) is 13.0 Å². The van der Waals surface area contributed by atoms with Gasteiger partial charge in [0.2, 0.25) is 0 Å². The molecule has 0 aliphatic carbocycles. The maximum atomic E-state index is 15.1. The second-order valence-corrected chi connectivity index (χ2v) is 11.3. The van der Waals surface area contributed by atoms with E-state index in [1.807, 2.05) is 17.2 Å². The Morgan fingerprint density at radius 1 is 1.10 bits per heavy atom. The number of hydrogen-bond donors (Lipinski definition) is 1. The minimum atomic E-state index is -0.705. The van der Waals surface area contributed by atoms with Crippen LogP contribution in [0.5, 0.6) is 0 Å². The first-order valence-corrected chi connectivity index (χ1v) is 14.5. The Bertz CT molecular complexity index is 1280. The molecule has 0 radical (unpaired) electrons. The fourth-order valence-electron chi connectivity index (χ4n) is 6.23. The van der Waals surface area contributed by atoms with Gasteiger partial charge in [0.1, 0.15) is 23.9 Å². The number of anilines is 2. The Hall–Kier alpha value is -3.50. The van der Waals surface area contributed by atoms with Crippen molar-refractivity contribution in [2.75, 3.05) is 62.7 Å². The van der Waals surface area contributed by atoms with Crippen LogP contribution < -0.4 is 10.2 Å². The standard InChI is InChI=1S/C31H40F2N8/c1-4-39-20-31(21-39)9-13-40(14-10-31)19-23-7-8-28(36-17-23)37-22-38-29(26(33)18-34-2)24-15-25(32)30(35-3)27(16-24)41-11-5-6-12-41/h7-8,15-18H,2-6,9-14,19-22H2,1H3,(H,36,37)/b26-18+,38-29?. The van der Waals surface area contributed by atoms with E-state index in [4.69, 9.17) is 0 Å². The van der Waals surface area contributed by atoms with E-state index in [9.17, 15) is 0 Å². The molecule has 8 nitrogen and oxygen atoms in total. The molecular formula is C31H40F2N8. The lowest BCUT2D eigenvalue weighted by atomic mass is 9.72. The summed E-state index contributed by atoms with van der Waals surface area (Å²) < 4.78 is 30.1. The first kappa shape index (κ1) is 29.0. The van der Waals surface area contributed by atoms with Crippen molar-refractivity contribution in [1.29, 1.82) is 0 Å². The predicted molar refractivity (Wildman–Crippen MR) is 164 cm³/mol. The molecule has 3 fully saturated rings. The molecule has 3 aliphatic rings. The van der Waals surface area contributed by atoms with Crippen molar-refractivity contribution in [2.45, 2.75) is 39.2 Å². The van der Waals surface area contributed by atoms with Gasteiger partial charge in [-0.15, -0.1) is 0 Å². The van der Waals surface area contributed by atoms with E-state index in [0.717, 1.165) is 63.9 Å². The third-order valence-corrected chi connectivity index (χ3v) is 8.56. The molecule has 0 amide bonds. The molecule has 0 atom stereocenters. The average molecular weight is 563 g/mol. The first-order valence-electron chi connectivity index (χ1n) is 14.5. The summed E-state index contributed by atoms with van der Waals surface area (Å²) in [6.45, 7) is 17.5. The summed E-state index contributed by atoms with van der Waals surface area (Å²) >= 11 is 0. The van der Waals surface area contributed by atoms with E-state index in [0.29, 0.717) is 22.5 Å². The van der Waals surface area contributed by atoms with Crippen LogP contribution in [-0.2, 0) is 6.54 Å². The zero-order valence-electron chi connectivity index (χ0n) is 24.0. The maximum Gasteiger partial charge on any atom is 0.167 e. The number of piperidine rings is 1. The molecule has 10 heteroatoms. The van der Waals surface area contributed by atoms with Crippen molar-refractivity contribution >= 4 is 36.3 Å². The summed E-state index contributed by atoms with van der Waals surface area (Å²) in [5, 5.41) is 3.13. The largest absolute Gasteiger partial charge is 0.370 e. The third-order valence-electron chi connectivity index (χ3n) is 8.56. The second-order valence-electron chi connectivity index (χ2n) is 11.3. The number of aromatic nitrogens is 1. The lowest BCUT2D eigenvalue weighted by Gasteiger charge is -2.54. The quantitative estimate of drug-likeness (QED) is 0.369. The molecule has 4 heterocycles. The molecule has 1 aromatic carbocycles. The zero-order chi connectivity index (χ0) is 28.8. The minimum Gasteiger partial charge on any atom is -0.370 e. The van der Waals surface area contributed by atoms with Gasteiger partial charge in [0, 0.05) is 44.5 Å². The summed E-state index contributed by atoms with van der Waals surface area (Å²) in [6.07, 6.45) is 7.39. The number of nitrogens with one attached hydrogen (secondary N) is 1. The van der Waals surface area contributed by atoms with Crippen LogP contribution in [0.4, 0.5) is 26.0 Å². The fourth-order valence-corrected chi connectivity index (χ4v) is 6.23. The van der Waals surface area contributed by atoms with Gasteiger partial charge in [-0.25, -0.2) is 13.8 Å². The van der Waals surface area contributed by atoms with E-state index in [1.54, 1.807) is 6.07 Å². The van der Waals surface area contributed by atoms with Crippen molar-refractivity contribution in [3.8, 4) is 0 Å². The third kappa shape index (κ3) is 6.70. The van der Waals surface area contributed by atoms with Crippen LogP contribution in [0.15, 0.2) is 57.5 Å². The van der Waals surface area contributed by atoms with Crippen LogP contribution in [0.3, 0.4) is 0 Å². The number of nitrogens with zero attached hydrogens (tertiary/aromatic N) is 7. The monoisotopic (exact) mass is 562 g/mol. The van der Waals surface area contributed by atoms with Gasteiger partial charge in [-0.3, -0.25) is 19.9 Å². The molecule has 3 aliphatic heterocycles. The van der Waals surface area contributed by atoms with E-state index < -0.39 is 11.6 Å². The molecule has 1 N–H and O–H groups in total. The highest BCUT2D eigenvalue weighted by atomic mass is 19.1. The summed E-state index contributed by atoms with van der Waals surface area (Å²) in [6, 6.07) is 6.93. The van der Waals surface area contributed by atoms with Gasteiger partial charge >= 0.3 is 0 Å². The number of likely N-dealkylation sites (tertiary alicyclic amines) is 2. The number of rotatable bonds is 11. The van der Waals surface area contributed by atoms with Crippen molar-refractivity contribution in [3.05, 3.63) is 59.4 Å². The fraction of sp³-hybridized carbons (Fsp3) is 0.484.